The van der Waals surface area contributed by atoms with Gasteiger partial charge < -0.3 is 18.9 Å². The fourth-order valence-corrected chi connectivity index (χ4v) is 4.34. The molecule has 0 amide bonds. The minimum Gasteiger partial charge on any atom is -0.462 e. The number of hydrogen-bond donors (Lipinski definition) is 2. The number of nitrogens with zero attached hydrogens (tertiary/aromatic N) is 1. The molecule has 0 aliphatic carbocycles. The topological polar surface area (TPSA) is 106 Å². The van der Waals surface area contributed by atoms with Crippen molar-refractivity contribution < 1.29 is 33.1 Å². The van der Waals surface area contributed by atoms with Gasteiger partial charge in [0.15, 0.2) is 11.5 Å². The molecule has 0 bridgehead atoms. The average molecular weight is 425 g/mol. The highest BCUT2D eigenvalue weighted by Crippen LogP contribution is 2.54. The zero-order valence-electron chi connectivity index (χ0n) is 15.7. The number of carbonyl (C=O) groups excluding carboxylic acids is 1. The minimum absolute atomic E-state index is 0.0931. The van der Waals surface area contributed by atoms with E-state index in [1.54, 1.807) is 42.5 Å². The zero-order chi connectivity index (χ0) is 21.1. The van der Waals surface area contributed by atoms with Crippen LogP contribution in [0.4, 0.5) is 11.4 Å². The van der Waals surface area contributed by atoms with Crippen LogP contribution in [0.25, 0.3) is 0 Å². The quantitative estimate of drug-likeness (QED) is 0.365. The third-order valence-electron chi connectivity index (χ3n) is 5.18. The molecule has 1 unspecified atom stereocenters. The molecule has 0 saturated heterocycles. The number of para-hydroxylation sites is 3. The summed E-state index contributed by atoms with van der Waals surface area (Å²) in [5, 5.41) is 0. The van der Waals surface area contributed by atoms with Gasteiger partial charge in [0.25, 0.3) is 5.60 Å². The summed E-state index contributed by atoms with van der Waals surface area (Å²) in [4.78, 5) is 33.7. The van der Waals surface area contributed by atoms with E-state index in [-0.39, 0.29) is 5.75 Å². The summed E-state index contributed by atoms with van der Waals surface area (Å²) in [5.74, 6) is -0.0711. The third-order valence-corrected chi connectivity index (χ3v) is 5.63. The van der Waals surface area contributed by atoms with Crippen LogP contribution in [0.2, 0.25) is 0 Å². The summed E-state index contributed by atoms with van der Waals surface area (Å²) in [6.07, 6.45) is 0. The lowest BCUT2D eigenvalue weighted by Crippen LogP contribution is -2.51. The third kappa shape index (κ3) is 2.69. The fraction of sp³-hybridized carbons (Fsp3) is 0.0952. The summed E-state index contributed by atoms with van der Waals surface area (Å²) < 4.78 is 28.1. The molecule has 8 nitrogen and oxygen atoms in total. The summed E-state index contributed by atoms with van der Waals surface area (Å²) >= 11 is 0. The van der Waals surface area contributed by atoms with E-state index < -0.39 is 19.4 Å². The van der Waals surface area contributed by atoms with Crippen molar-refractivity contribution in [3.05, 3.63) is 77.9 Å². The van der Waals surface area contributed by atoms with E-state index in [2.05, 4.69) is 0 Å². The SMILES string of the molecule is CN1c2ccccc2C2(Oc3ccccc3OC2=O)c2cc(OP(=O)(O)O)ccc21. The molecule has 3 aromatic rings. The number of ether oxygens (including phenoxy) is 2. The van der Waals surface area contributed by atoms with Gasteiger partial charge in [-0.3, -0.25) is 9.79 Å². The maximum absolute atomic E-state index is 13.4. The molecule has 5 rings (SSSR count). The lowest BCUT2D eigenvalue weighted by atomic mass is 9.80. The van der Waals surface area contributed by atoms with Gasteiger partial charge >= 0.3 is 13.8 Å². The lowest BCUT2D eigenvalue weighted by Gasteiger charge is -2.44. The van der Waals surface area contributed by atoms with Crippen molar-refractivity contribution in [2.45, 2.75) is 5.60 Å². The van der Waals surface area contributed by atoms with Gasteiger partial charge in [-0.05, 0) is 36.4 Å². The van der Waals surface area contributed by atoms with Gasteiger partial charge in [-0.15, -0.1) is 0 Å². The Kier molecular flexibility index (Phi) is 3.95. The minimum atomic E-state index is -4.80. The van der Waals surface area contributed by atoms with Gasteiger partial charge in [0.05, 0.1) is 0 Å². The lowest BCUT2D eigenvalue weighted by molar-refractivity contribution is -0.153. The average Bonchev–Trinajstić information content (AvgIpc) is 2.71. The van der Waals surface area contributed by atoms with Crippen LogP contribution in [0.15, 0.2) is 66.7 Å². The van der Waals surface area contributed by atoms with Crippen molar-refractivity contribution in [1.29, 1.82) is 0 Å². The Morgan fingerprint density at radius 1 is 0.933 bits per heavy atom. The molecule has 2 aliphatic rings. The first kappa shape index (κ1) is 18.7. The maximum atomic E-state index is 13.4. The Morgan fingerprint density at radius 3 is 2.37 bits per heavy atom. The van der Waals surface area contributed by atoms with Crippen molar-refractivity contribution in [2.24, 2.45) is 0 Å². The maximum Gasteiger partial charge on any atom is 0.524 e. The van der Waals surface area contributed by atoms with Crippen LogP contribution in [0, 0.1) is 0 Å². The van der Waals surface area contributed by atoms with Crippen molar-refractivity contribution in [1.82, 2.24) is 0 Å². The van der Waals surface area contributed by atoms with Gasteiger partial charge in [-0.1, -0.05) is 30.3 Å². The van der Waals surface area contributed by atoms with Crippen molar-refractivity contribution >= 4 is 25.2 Å². The van der Waals surface area contributed by atoms with Gasteiger partial charge in [0.2, 0.25) is 0 Å². The second kappa shape index (κ2) is 6.34. The molecule has 2 N–H and O–H groups in total. The second-order valence-electron chi connectivity index (χ2n) is 6.96. The van der Waals surface area contributed by atoms with Crippen LogP contribution in [0.3, 0.4) is 0 Å². The summed E-state index contributed by atoms with van der Waals surface area (Å²) in [6.45, 7) is 0. The van der Waals surface area contributed by atoms with E-state index in [0.717, 1.165) is 5.69 Å². The van der Waals surface area contributed by atoms with Crippen LogP contribution < -0.4 is 18.9 Å². The number of carbonyl (C=O) groups is 1. The van der Waals surface area contributed by atoms with E-state index in [1.807, 2.05) is 24.1 Å². The monoisotopic (exact) mass is 425 g/mol. The van der Waals surface area contributed by atoms with Crippen LogP contribution in [0.5, 0.6) is 17.2 Å². The number of phosphoric acid groups is 1. The van der Waals surface area contributed by atoms with E-state index in [9.17, 15) is 19.1 Å². The zero-order valence-corrected chi connectivity index (χ0v) is 16.6. The molecule has 0 fully saturated rings. The fourth-order valence-electron chi connectivity index (χ4n) is 3.95. The molecule has 9 heteroatoms. The van der Waals surface area contributed by atoms with Gasteiger partial charge in [-0.25, -0.2) is 9.36 Å². The molecule has 2 aliphatic heterocycles. The molecule has 30 heavy (non-hydrogen) atoms. The van der Waals surface area contributed by atoms with Crippen molar-refractivity contribution in [3.63, 3.8) is 0 Å². The predicted octanol–water partition coefficient (Wildman–Crippen LogP) is 3.48. The molecule has 1 atom stereocenters. The number of phosphoric ester groups is 1. The Morgan fingerprint density at radius 2 is 1.60 bits per heavy atom. The number of esters is 1. The molecule has 3 aromatic carbocycles. The number of anilines is 2. The summed E-state index contributed by atoms with van der Waals surface area (Å²) in [5.41, 5.74) is 0.594. The van der Waals surface area contributed by atoms with Crippen molar-refractivity contribution in [3.8, 4) is 17.2 Å². The second-order valence-corrected chi connectivity index (χ2v) is 8.12. The number of rotatable bonds is 2. The Hall–Kier alpha value is -3.32. The van der Waals surface area contributed by atoms with Gasteiger partial charge in [0, 0.05) is 29.5 Å². The molecule has 152 valence electrons. The first-order valence-electron chi connectivity index (χ1n) is 9.03. The van der Waals surface area contributed by atoms with E-state index in [1.165, 1.54) is 12.1 Å². The number of hydrogen-bond acceptors (Lipinski definition) is 6. The molecular formula is C21H16NO7P. The molecule has 0 saturated carbocycles. The van der Waals surface area contributed by atoms with Gasteiger partial charge in [0.1, 0.15) is 5.75 Å². The standard InChI is InChI=1S/C21H16NO7P/c1-22-16-7-3-2-6-14(16)21(20(23)27-18-8-4-5-9-19(18)28-21)15-12-13(10-11-17(15)22)29-30(24,25)26/h2-12H,1H3,(H2,24,25,26). The molecule has 0 aromatic heterocycles. The molecule has 2 heterocycles. The van der Waals surface area contributed by atoms with Crippen LogP contribution in [-0.2, 0) is 15.0 Å². The summed E-state index contributed by atoms with van der Waals surface area (Å²) in [7, 11) is -2.97. The van der Waals surface area contributed by atoms with Crippen LogP contribution in [-0.4, -0.2) is 22.8 Å². The van der Waals surface area contributed by atoms with Crippen LogP contribution in [0.1, 0.15) is 11.1 Å². The first-order chi connectivity index (χ1) is 14.3. The highest BCUT2D eigenvalue weighted by atomic mass is 31.2. The molecule has 0 radical (unpaired) electrons. The van der Waals surface area contributed by atoms with E-state index >= 15 is 0 Å². The Labute approximate surface area is 171 Å². The highest BCUT2D eigenvalue weighted by Gasteiger charge is 2.55. The number of benzene rings is 3. The smallest absolute Gasteiger partial charge is 0.462 e. The summed E-state index contributed by atoms with van der Waals surface area (Å²) in [6, 6.07) is 18.5. The van der Waals surface area contributed by atoms with Crippen molar-refractivity contribution in [2.75, 3.05) is 11.9 Å². The number of fused-ring (bicyclic) bond motifs is 5. The Bertz CT molecular complexity index is 1240. The molecule has 1 spiro atoms. The normalized spacial score (nSPS) is 19.3. The van der Waals surface area contributed by atoms with Gasteiger partial charge in [-0.2, -0.15) is 0 Å². The molecular weight excluding hydrogens is 409 g/mol. The Balaban J connectivity index is 1.79. The predicted molar refractivity (Wildman–Crippen MR) is 107 cm³/mol. The van der Waals surface area contributed by atoms with E-state index in [4.69, 9.17) is 14.0 Å². The first-order valence-corrected chi connectivity index (χ1v) is 10.6. The van der Waals surface area contributed by atoms with E-state index in [0.29, 0.717) is 28.3 Å². The highest BCUT2D eigenvalue weighted by molar-refractivity contribution is 7.46. The van der Waals surface area contributed by atoms with Crippen LogP contribution >= 0.6 is 7.82 Å². The largest absolute Gasteiger partial charge is 0.524 e.